The lowest BCUT2D eigenvalue weighted by Crippen LogP contribution is -2.06. The molecule has 3 nitrogen and oxygen atoms in total. The molecular formula is C13H12N2O. The zero-order chi connectivity index (χ0) is 11.5. The summed E-state index contributed by atoms with van der Waals surface area (Å²) in [5, 5.41) is 0. The number of benzene rings is 1. The SMILES string of the molecule is Cc1cnc(C(=O)c2cccc(C)c2)nc1. The second-order valence-corrected chi connectivity index (χ2v) is 3.78. The van der Waals surface area contributed by atoms with Crippen molar-refractivity contribution in [2.45, 2.75) is 13.8 Å². The molecule has 0 bridgehead atoms. The highest BCUT2D eigenvalue weighted by atomic mass is 16.1. The van der Waals surface area contributed by atoms with Gasteiger partial charge in [0.2, 0.25) is 11.6 Å². The van der Waals surface area contributed by atoms with Crippen LogP contribution in [0.1, 0.15) is 27.3 Å². The molecule has 0 fully saturated rings. The van der Waals surface area contributed by atoms with E-state index >= 15 is 0 Å². The Morgan fingerprint density at radius 2 is 1.75 bits per heavy atom. The number of hydrogen-bond acceptors (Lipinski definition) is 3. The number of nitrogens with zero attached hydrogens (tertiary/aromatic N) is 2. The minimum atomic E-state index is -0.135. The van der Waals surface area contributed by atoms with Gasteiger partial charge < -0.3 is 0 Å². The first kappa shape index (κ1) is 10.5. The molecule has 0 aliphatic carbocycles. The summed E-state index contributed by atoms with van der Waals surface area (Å²) in [7, 11) is 0. The molecule has 1 aromatic carbocycles. The normalized spacial score (nSPS) is 10.1. The van der Waals surface area contributed by atoms with E-state index in [4.69, 9.17) is 0 Å². The summed E-state index contributed by atoms with van der Waals surface area (Å²) in [6, 6.07) is 7.42. The Kier molecular flexibility index (Phi) is 2.77. The second-order valence-electron chi connectivity index (χ2n) is 3.78. The van der Waals surface area contributed by atoms with Gasteiger partial charge in [-0.3, -0.25) is 4.79 Å². The first-order valence-electron chi connectivity index (χ1n) is 5.07. The average Bonchev–Trinajstić information content (AvgIpc) is 2.29. The molecule has 0 aliphatic heterocycles. The number of rotatable bonds is 2. The van der Waals surface area contributed by atoms with Gasteiger partial charge >= 0.3 is 0 Å². The fraction of sp³-hybridized carbons (Fsp3) is 0.154. The fourth-order valence-corrected chi connectivity index (χ4v) is 1.43. The van der Waals surface area contributed by atoms with E-state index in [1.165, 1.54) is 0 Å². The van der Waals surface area contributed by atoms with Crippen LogP contribution in [0.2, 0.25) is 0 Å². The number of hydrogen-bond donors (Lipinski definition) is 0. The van der Waals surface area contributed by atoms with Crippen LogP contribution in [0.3, 0.4) is 0 Å². The topological polar surface area (TPSA) is 42.9 Å². The molecule has 2 rings (SSSR count). The molecule has 1 heterocycles. The van der Waals surface area contributed by atoms with Gasteiger partial charge in [0.15, 0.2) is 0 Å². The molecule has 16 heavy (non-hydrogen) atoms. The number of ketones is 1. The molecular weight excluding hydrogens is 200 g/mol. The van der Waals surface area contributed by atoms with E-state index in [1.807, 2.05) is 32.0 Å². The summed E-state index contributed by atoms with van der Waals surface area (Å²) in [4.78, 5) is 20.0. The largest absolute Gasteiger partial charge is 0.285 e. The van der Waals surface area contributed by atoms with Crippen LogP contribution in [0, 0.1) is 13.8 Å². The highest BCUT2D eigenvalue weighted by molar-refractivity contribution is 6.06. The molecule has 1 aromatic heterocycles. The van der Waals surface area contributed by atoms with Crippen molar-refractivity contribution in [2.24, 2.45) is 0 Å². The van der Waals surface area contributed by atoms with E-state index in [9.17, 15) is 4.79 Å². The van der Waals surface area contributed by atoms with Gasteiger partial charge in [0.25, 0.3) is 0 Å². The van der Waals surface area contributed by atoms with Crippen molar-refractivity contribution in [1.82, 2.24) is 9.97 Å². The van der Waals surface area contributed by atoms with Crippen molar-refractivity contribution in [2.75, 3.05) is 0 Å². The van der Waals surface area contributed by atoms with Crippen LogP contribution in [0.15, 0.2) is 36.7 Å². The predicted molar refractivity (Wildman–Crippen MR) is 61.4 cm³/mol. The van der Waals surface area contributed by atoms with Crippen molar-refractivity contribution in [3.63, 3.8) is 0 Å². The van der Waals surface area contributed by atoms with Crippen LogP contribution in [-0.4, -0.2) is 15.8 Å². The first-order valence-corrected chi connectivity index (χ1v) is 5.07. The summed E-state index contributed by atoms with van der Waals surface area (Å²) in [5.41, 5.74) is 2.63. The van der Waals surface area contributed by atoms with Crippen molar-refractivity contribution in [1.29, 1.82) is 0 Å². The van der Waals surface area contributed by atoms with Crippen LogP contribution in [0.4, 0.5) is 0 Å². The molecule has 0 atom stereocenters. The van der Waals surface area contributed by atoms with Gasteiger partial charge in [0.05, 0.1) is 0 Å². The number of aromatic nitrogens is 2. The minimum Gasteiger partial charge on any atom is -0.285 e. The van der Waals surface area contributed by atoms with Crippen LogP contribution in [0.25, 0.3) is 0 Å². The van der Waals surface area contributed by atoms with E-state index in [2.05, 4.69) is 9.97 Å². The van der Waals surface area contributed by atoms with E-state index in [1.54, 1.807) is 18.5 Å². The van der Waals surface area contributed by atoms with Crippen molar-refractivity contribution < 1.29 is 4.79 Å². The average molecular weight is 212 g/mol. The van der Waals surface area contributed by atoms with E-state index in [0.29, 0.717) is 5.56 Å². The molecule has 0 aliphatic rings. The molecule has 3 heteroatoms. The van der Waals surface area contributed by atoms with Crippen molar-refractivity contribution in [3.8, 4) is 0 Å². The molecule has 2 aromatic rings. The zero-order valence-corrected chi connectivity index (χ0v) is 9.27. The van der Waals surface area contributed by atoms with Crippen LogP contribution >= 0.6 is 0 Å². The van der Waals surface area contributed by atoms with Gasteiger partial charge in [-0.1, -0.05) is 23.8 Å². The Labute approximate surface area is 94.2 Å². The third kappa shape index (κ3) is 2.14. The standard InChI is InChI=1S/C13H12N2O/c1-9-4-3-5-11(6-9)12(16)13-14-7-10(2)8-15-13/h3-8H,1-2H3. The smallest absolute Gasteiger partial charge is 0.230 e. The fourth-order valence-electron chi connectivity index (χ4n) is 1.43. The Bertz CT molecular complexity index is 518. The third-order valence-electron chi connectivity index (χ3n) is 2.26. The first-order chi connectivity index (χ1) is 7.66. The third-order valence-corrected chi connectivity index (χ3v) is 2.26. The maximum atomic E-state index is 12.0. The molecule has 0 amide bonds. The van der Waals surface area contributed by atoms with Gasteiger partial charge in [0.1, 0.15) is 0 Å². The van der Waals surface area contributed by atoms with Crippen molar-refractivity contribution in [3.05, 3.63) is 59.2 Å². The lowest BCUT2D eigenvalue weighted by atomic mass is 10.1. The van der Waals surface area contributed by atoms with Gasteiger partial charge in [0, 0.05) is 18.0 Å². The molecule has 0 saturated heterocycles. The number of carbonyl (C=O) groups is 1. The van der Waals surface area contributed by atoms with Crippen molar-refractivity contribution >= 4 is 5.78 Å². The van der Waals surface area contributed by atoms with E-state index < -0.39 is 0 Å². The summed E-state index contributed by atoms with van der Waals surface area (Å²) >= 11 is 0. The lowest BCUT2D eigenvalue weighted by Gasteiger charge is -2.00. The minimum absolute atomic E-state index is 0.135. The molecule has 0 N–H and O–H groups in total. The van der Waals surface area contributed by atoms with Gasteiger partial charge in [-0.15, -0.1) is 0 Å². The Balaban J connectivity index is 2.35. The van der Waals surface area contributed by atoms with Crippen LogP contribution in [0.5, 0.6) is 0 Å². The van der Waals surface area contributed by atoms with Crippen LogP contribution in [-0.2, 0) is 0 Å². The Hall–Kier alpha value is -2.03. The number of carbonyl (C=O) groups excluding carboxylic acids is 1. The highest BCUT2D eigenvalue weighted by Crippen LogP contribution is 2.08. The molecule has 0 unspecified atom stereocenters. The highest BCUT2D eigenvalue weighted by Gasteiger charge is 2.11. The maximum Gasteiger partial charge on any atom is 0.230 e. The second kappa shape index (κ2) is 4.23. The molecule has 0 saturated carbocycles. The Morgan fingerprint density at radius 3 is 2.38 bits per heavy atom. The monoisotopic (exact) mass is 212 g/mol. The molecule has 0 radical (unpaired) electrons. The summed E-state index contributed by atoms with van der Waals surface area (Å²) in [5.74, 6) is 0.111. The van der Waals surface area contributed by atoms with Crippen LogP contribution < -0.4 is 0 Å². The van der Waals surface area contributed by atoms with Gasteiger partial charge in [-0.2, -0.15) is 0 Å². The van der Waals surface area contributed by atoms with E-state index in [-0.39, 0.29) is 11.6 Å². The predicted octanol–water partition coefficient (Wildman–Crippen LogP) is 2.32. The Morgan fingerprint density at radius 1 is 1.06 bits per heavy atom. The summed E-state index contributed by atoms with van der Waals surface area (Å²) in [6.07, 6.45) is 3.30. The molecule has 0 spiro atoms. The summed E-state index contributed by atoms with van der Waals surface area (Å²) < 4.78 is 0. The van der Waals surface area contributed by atoms with Gasteiger partial charge in [-0.05, 0) is 25.5 Å². The van der Waals surface area contributed by atoms with Gasteiger partial charge in [-0.25, -0.2) is 9.97 Å². The zero-order valence-electron chi connectivity index (χ0n) is 9.27. The molecule has 80 valence electrons. The van der Waals surface area contributed by atoms with E-state index in [0.717, 1.165) is 11.1 Å². The number of aryl methyl sites for hydroxylation is 2. The summed E-state index contributed by atoms with van der Waals surface area (Å²) in [6.45, 7) is 3.84. The quantitative estimate of drug-likeness (QED) is 0.717. The maximum absolute atomic E-state index is 12.0. The lowest BCUT2D eigenvalue weighted by molar-refractivity contribution is 0.102.